The van der Waals surface area contributed by atoms with E-state index in [9.17, 15) is 0 Å². The first-order chi connectivity index (χ1) is 6.04. The van der Waals surface area contributed by atoms with Crippen molar-refractivity contribution in [2.45, 2.75) is 52.0 Å². The maximum Gasteiger partial charge on any atom is 0.0221 e. The molecule has 1 saturated heterocycles. The minimum Gasteiger partial charge on any atom is -0.311 e. The number of rotatable bonds is 4. The predicted molar refractivity (Wildman–Crippen MR) is 58.9 cm³/mol. The average Bonchev–Trinajstić information content (AvgIpc) is 2.33. The van der Waals surface area contributed by atoms with Gasteiger partial charge in [-0.3, -0.25) is 0 Å². The number of hydrogen-bond donors (Lipinski definition) is 1. The topological polar surface area (TPSA) is 12.0 Å². The predicted octanol–water partition coefficient (Wildman–Crippen LogP) is 3.12. The molecule has 1 atom stereocenters. The molecule has 0 saturated carbocycles. The number of hydrogen-bond acceptors (Lipinski definition) is 1. The fourth-order valence-electron chi connectivity index (χ4n) is 2.63. The van der Waals surface area contributed by atoms with E-state index in [-0.39, 0.29) is 0 Å². The van der Waals surface area contributed by atoms with E-state index in [1.54, 1.807) is 0 Å². The first-order valence-electron chi connectivity index (χ1n) is 5.43. The lowest BCUT2D eigenvalue weighted by atomic mass is 9.82. The molecular formula is C12H23N. The Bertz CT molecular complexity index is 176. The van der Waals surface area contributed by atoms with E-state index in [4.69, 9.17) is 0 Å². The second kappa shape index (κ2) is 4.28. The summed E-state index contributed by atoms with van der Waals surface area (Å²) in [5.41, 5.74) is 1.70. The third-order valence-corrected chi connectivity index (χ3v) is 2.77. The highest BCUT2D eigenvalue weighted by Gasteiger charge is 2.33. The minimum absolute atomic E-state index is 0.389. The van der Waals surface area contributed by atoms with Crippen molar-refractivity contribution < 1.29 is 0 Å². The first kappa shape index (κ1) is 10.8. The van der Waals surface area contributed by atoms with Crippen LogP contribution in [0.15, 0.2) is 12.2 Å². The van der Waals surface area contributed by atoms with Crippen LogP contribution in [0.5, 0.6) is 0 Å². The van der Waals surface area contributed by atoms with Gasteiger partial charge in [0.25, 0.3) is 0 Å². The SMILES string of the molecule is C=C(C)CC1(CC(C)C)CCCN1. The molecule has 0 aliphatic carbocycles. The Hall–Kier alpha value is -0.300. The summed E-state index contributed by atoms with van der Waals surface area (Å²) < 4.78 is 0. The lowest BCUT2D eigenvalue weighted by molar-refractivity contribution is 0.301. The summed E-state index contributed by atoms with van der Waals surface area (Å²) in [7, 11) is 0. The Kier molecular flexibility index (Phi) is 3.55. The molecule has 0 radical (unpaired) electrons. The van der Waals surface area contributed by atoms with Crippen LogP contribution < -0.4 is 5.32 Å². The Balaban J connectivity index is 2.57. The van der Waals surface area contributed by atoms with Gasteiger partial charge in [0.05, 0.1) is 0 Å². The van der Waals surface area contributed by atoms with Crippen LogP contribution in [0.4, 0.5) is 0 Å². The van der Waals surface area contributed by atoms with E-state index in [0.29, 0.717) is 5.54 Å². The summed E-state index contributed by atoms with van der Waals surface area (Å²) in [5.74, 6) is 0.782. The zero-order valence-corrected chi connectivity index (χ0v) is 9.32. The molecule has 0 amide bonds. The molecule has 1 heterocycles. The monoisotopic (exact) mass is 181 g/mol. The standard InChI is InChI=1S/C12H23N/c1-10(2)8-12(9-11(3)4)6-5-7-13-12/h11,13H,1,5-9H2,2-4H3. The Morgan fingerprint density at radius 1 is 1.54 bits per heavy atom. The molecule has 0 aromatic rings. The molecule has 1 aliphatic heterocycles. The molecule has 1 unspecified atom stereocenters. The quantitative estimate of drug-likeness (QED) is 0.657. The van der Waals surface area contributed by atoms with Crippen LogP contribution in [-0.2, 0) is 0 Å². The van der Waals surface area contributed by atoms with Crippen LogP contribution in [0.2, 0.25) is 0 Å². The molecule has 1 fully saturated rings. The Labute approximate surface area is 82.6 Å². The molecule has 76 valence electrons. The fraction of sp³-hybridized carbons (Fsp3) is 0.833. The second-order valence-corrected chi connectivity index (χ2v) is 5.04. The van der Waals surface area contributed by atoms with Gasteiger partial charge in [0.15, 0.2) is 0 Å². The van der Waals surface area contributed by atoms with Crippen LogP contribution in [0.25, 0.3) is 0 Å². The molecule has 0 bridgehead atoms. The van der Waals surface area contributed by atoms with Crippen molar-refractivity contribution >= 4 is 0 Å². The normalized spacial score (nSPS) is 28.3. The lowest BCUT2D eigenvalue weighted by Gasteiger charge is -2.31. The van der Waals surface area contributed by atoms with Gasteiger partial charge in [-0.1, -0.05) is 19.4 Å². The van der Waals surface area contributed by atoms with Crippen molar-refractivity contribution in [1.82, 2.24) is 5.32 Å². The van der Waals surface area contributed by atoms with Crippen molar-refractivity contribution in [2.75, 3.05) is 6.54 Å². The van der Waals surface area contributed by atoms with Crippen LogP contribution in [0.3, 0.4) is 0 Å². The molecule has 1 N–H and O–H groups in total. The van der Waals surface area contributed by atoms with Crippen molar-refractivity contribution in [3.63, 3.8) is 0 Å². The molecule has 13 heavy (non-hydrogen) atoms. The first-order valence-corrected chi connectivity index (χ1v) is 5.43. The summed E-state index contributed by atoms with van der Waals surface area (Å²) >= 11 is 0. The highest BCUT2D eigenvalue weighted by molar-refractivity contribution is 5.04. The van der Waals surface area contributed by atoms with Crippen molar-refractivity contribution in [3.8, 4) is 0 Å². The van der Waals surface area contributed by atoms with Gasteiger partial charge in [0.1, 0.15) is 0 Å². The van der Waals surface area contributed by atoms with E-state index < -0.39 is 0 Å². The molecule has 1 nitrogen and oxygen atoms in total. The molecule has 0 aromatic heterocycles. The van der Waals surface area contributed by atoms with E-state index in [0.717, 1.165) is 12.3 Å². The van der Waals surface area contributed by atoms with E-state index in [2.05, 4.69) is 32.7 Å². The zero-order valence-electron chi connectivity index (χ0n) is 9.32. The molecule has 1 rings (SSSR count). The van der Waals surface area contributed by atoms with Crippen molar-refractivity contribution in [2.24, 2.45) is 5.92 Å². The molecule has 0 aromatic carbocycles. The number of nitrogens with one attached hydrogen (secondary N) is 1. The minimum atomic E-state index is 0.389. The van der Waals surface area contributed by atoms with Gasteiger partial charge in [0.2, 0.25) is 0 Å². The highest BCUT2D eigenvalue weighted by Crippen LogP contribution is 2.32. The second-order valence-electron chi connectivity index (χ2n) is 5.04. The van der Waals surface area contributed by atoms with Gasteiger partial charge >= 0.3 is 0 Å². The average molecular weight is 181 g/mol. The summed E-state index contributed by atoms with van der Waals surface area (Å²) in [6, 6.07) is 0. The van der Waals surface area contributed by atoms with Crippen LogP contribution in [-0.4, -0.2) is 12.1 Å². The van der Waals surface area contributed by atoms with Gasteiger partial charge in [-0.25, -0.2) is 0 Å². The smallest absolute Gasteiger partial charge is 0.0221 e. The summed E-state index contributed by atoms with van der Waals surface area (Å²) in [6.07, 6.45) is 5.11. The summed E-state index contributed by atoms with van der Waals surface area (Å²) in [4.78, 5) is 0. The van der Waals surface area contributed by atoms with Crippen LogP contribution in [0.1, 0.15) is 46.5 Å². The highest BCUT2D eigenvalue weighted by atomic mass is 15.0. The van der Waals surface area contributed by atoms with Gasteiger partial charge in [0, 0.05) is 5.54 Å². The third kappa shape index (κ3) is 3.15. The van der Waals surface area contributed by atoms with Crippen molar-refractivity contribution in [1.29, 1.82) is 0 Å². The van der Waals surface area contributed by atoms with Gasteiger partial charge < -0.3 is 5.32 Å². The fourth-order valence-corrected chi connectivity index (χ4v) is 2.63. The van der Waals surface area contributed by atoms with Crippen molar-refractivity contribution in [3.05, 3.63) is 12.2 Å². The van der Waals surface area contributed by atoms with Gasteiger partial charge in [-0.2, -0.15) is 0 Å². The Morgan fingerprint density at radius 2 is 2.23 bits per heavy atom. The molecule has 0 spiro atoms. The van der Waals surface area contributed by atoms with Gasteiger partial charge in [-0.15, -0.1) is 6.58 Å². The molecular weight excluding hydrogens is 158 g/mol. The third-order valence-electron chi connectivity index (χ3n) is 2.77. The zero-order chi connectivity index (χ0) is 9.90. The maximum absolute atomic E-state index is 4.03. The Morgan fingerprint density at radius 3 is 2.62 bits per heavy atom. The summed E-state index contributed by atoms with van der Waals surface area (Å²) in [6.45, 7) is 12.0. The maximum atomic E-state index is 4.03. The molecule has 1 aliphatic rings. The van der Waals surface area contributed by atoms with Crippen LogP contribution >= 0.6 is 0 Å². The van der Waals surface area contributed by atoms with Crippen LogP contribution in [0, 0.1) is 5.92 Å². The van der Waals surface area contributed by atoms with E-state index >= 15 is 0 Å². The largest absolute Gasteiger partial charge is 0.311 e. The van der Waals surface area contributed by atoms with E-state index in [1.165, 1.54) is 31.4 Å². The lowest BCUT2D eigenvalue weighted by Crippen LogP contribution is -2.41. The van der Waals surface area contributed by atoms with Gasteiger partial charge in [-0.05, 0) is 45.1 Å². The summed E-state index contributed by atoms with van der Waals surface area (Å²) in [5, 5.41) is 3.67. The molecule has 1 heteroatoms. The van der Waals surface area contributed by atoms with E-state index in [1.807, 2.05) is 0 Å².